The molecule has 0 unspecified atom stereocenters. The fourth-order valence-electron chi connectivity index (χ4n) is 2.83. The molecule has 0 radical (unpaired) electrons. The van der Waals surface area contributed by atoms with Crippen molar-refractivity contribution in [2.24, 2.45) is 0 Å². The minimum Gasteiger partial charge on any atom is -0.349 e. The summed E-state index contributed by atoms with van der Waals surface area (Å²) in [7, 11) is 0. The highest BCUT2D eigenvalue weighted by atomic mass is 35.5. The van der Waals surface area contributed by atoms with E-state index in [4.69, 9.17) is 11.6 Å². The number of thiophene rings is 1. The van der Waals surface area contributed by atoms with E-state index in [1.54, 1.807) is 23.5 Å². The monoisotopic (exact) mass is 434 g/mol. The van der Waals surface area contributed by atoms with Crippen LogP contribution in [0.4, 0.5) is 5.95 Å². The molecule has 2 aromatic heterocycles. The summed E-state index contributed by atoms with van der Waals surface area (Å²) in [5, 5.41) is 10.3. The van der Waals surface area contributed by atoms with Crippen molar-refractivity contribution >= 4 is 40.9 Å². The van der Waals surface area contributed by atoms with Crippen LogP contribution in [0.15, 0.2) is 72.1 Å². The van der Waals surface area contributed by atoms with Gasteiger partial charge in [-0.25, -0.2) is 0 Å². The highest BCUT2D eigenvalue weighted by Gasteiger charge is 2.16. The van der Waals surface area contributed by atoms with Gasteiger partial charge in [-0.05, 0) is 36.1 Å². The fraction of sp³-hybridized carbons (Fsp3) is 0.0870. The van der Waals surface area contributed by atoms with Gasteiger partial charge in [-0.2, -0.15) is 9.67 Å². The number of carbonyl (C=O) groups excluding carboxylic acids is 1. The standard InChI is InChI=1S/C23H19ClN4OS/c1-16-8-10-18(11-9-16)22-26-23(25-15-19-6-4-14-30-19)28(27-22)21(29)13-12-17-5-2-3-7-20(17)24/h2-14H,15H2,1H3,(H,25,26,27). The lowest BCUT2D eigenvalue weighted by Crippen LogP contribution is -2.14. The summed E-state index contributed by atoms with van der Waals surface area (Å²) in [5.74, 6) is 0.574. The number of nitrogens with one attached hydrogen (secondary N) is 1. The molecule has 4 aromatic rings. The third-order valence-corrected chi connectivity index (χ3v) is 5.66. The zero-order chi connectivity index (χ0) is 20.9. The molecule has 5 nitrogen and oxygen atoms in total. The molecule has 0 aliphatic heterocycles. The molecule has 0 saturated carbocycles. The number of rotatable bonds is 6. The lowest BCUT2D eigenvalue weighted by molar-refractivity contribution is 0.0957. The quantitative estimate of drug-likeness (QED) is 0.382. The van der Waals surface area contributed by atoms with E-state index < -0.39 is 0 Å². The molecule has 4 rings (SSSR count). The molecule has 0 saturated heterocycles. The van der Waals surface area contributed by atoms with E-state index in [2.05, 4.69) is 15.4 Å². The van der Waals surface area contributed by atoms with Crippen LogP contribution in [0, 0.1) is 6.92 Å². The van der Waals surface area contributed by atoms with E-state index in [0.29, 0.717) is 23.3 Å². The van der Waals surface area contributed by atoms with Gasteiger partial charge >= 0.3 is 0 Å². The normalized spacial score (nSPS) is 11.1. The molecule has 150 valence electrons. The summed E-state index contributed by atoms with van der Waals surface area (Å²) in [6.07, 6.45) is 3.13. The number of hydrogen-bond acceptors (Lipinski definition) is 5. The Morgan fingerprint density at radius 2 is 1.93 bits per heavy atom. The maximum Gasteiger partial charge on any atom is 0.274 e. The average molecular weight is 435 g/mol. The Kier molecular flexibility index (Phi) is 6.07. The van der Waals surface area contributed by atoms with E-state index >= 15 is 0 Å². The molecule has 0 bridgehead atoms. The van der Waals surface area contributed by atoms with Crippen LogP contribution in [0.3, 0.4) is 0 Å². The second kappa shape index (κ2) is 9.07. The highest BCUT2D eigenvalue weighted by Crippen LogP contribution is 2.21. The Balaban J connectivity index is 1.64. The Bertz CT molecular complexity index is 1180. The third-order valence-electron chi connectivity index (χ3n) is 4.44. The van der Waals surface area contributed by atoms with Gasteiger partial charge in [0.2, 0.25) is 5.95 Å². The molecule has 0 fully saturated rings. The van der Waals surface area contributed by atoms with Crippen molar-refractivity contribution in [1.82, 2.24) is 14.8 Å². The Hall–Kier alpha value is -3.22. The molecule has 0 aliphatic carbocycles. The second-order valence-corrected chi connectivity index (χ2v) is 8.10. The first-order valence-electron chi connectivity index (χ1n) is 9.37. The van der Waals surface area contributed by atoms with Crippen LogP contribution in [0.25, 0.3) is 17.5 Å². The van der Waals surface area contributed by atoms with Crippen molar-refractivity contribution in [2.75, 3.05) is 5.32 Å². The largest absolute Gasteiger partial charge is 0.349 e. The maximum absolute atomic E-state index is 12.9. The highest BCUT2D eigenvalue weighted by molar-refractivity contribution is 7.09. The topological polar surface area (TPSA) is 59.8 Å². The van der Waals surface area contributed by atoms with Crippen molar-refractivity contribution < 1.29 is 4.79 Å². The first-order chi connectivity index (χ1) is 14.6. The molecular weight excluding hydrogens is 416 g/mol. The van der Waals surface area contributed by atoms with Gasteiger partial charge in [0, 0.05) is 21.5 Å². The number of hydrogen-bond donors (Lipinski definition) is 1. The summed E-state index contributed by atoms with van der Waals surface area (Å²) in [6, 6.07) is 19.2. The fourth-order valence-corrected chi connectivity index (χ4v) is 3.67. The molecule has 0 atom stereocenters. The van der Waals surface area contributed by atoms with E-state index in [9.17, 15) is 4.79 Å². The molecule has 0 amide bonds. The van der Waals surface area contributed by atoms with E-state index in [1.165, 1.54) is 10.8 Å². The first kappa shape index (κ1) is 20.1. The second-order valence-electron chi connectivity index (χ2n) is 6.66. The number of nitrogens with zero attached hydrogens (tertiary/aromatic N) is 3. The number of anilines is 1. The zero-order valence-electron chi connectivity index (χ0n) is 16.2. The zero-order valence-corrected chi connectivity index (χ0v) is 17.8. The summed E-state index contributed by atoms with van der Waals surface area (Å²) < 4.78 is 1.29. The van der Waals surface area contributed by atoms with Crippen molar-refractivity contribution in [3.05, 3.63) is 93.1 Å². The Morgan fingerprint density at radius 1 is 1.13 bits per heavy atom. The third kappa shape index (κ3) is 4.67. The molecule has 0 aliphatic rings. The van der Waals surface area contributed by atoms with E-state index in [0.717, 1.165) is 21.6 Å². The van der Waals surface area contributed by atoms with E-state index in [1.807, 2.05) is 66.9 Å². The van der Waals surface area contributed by atoms with Gasteiger partial charge in [0.15, 0.2) is 5.82 Å². The number of allylic oxidation sites excluding steroid dienone is 1. The predicted molar refractivity (Wildman–Crippen MR) is 123 cm³/mol. The SMILES string of the molecule is Cc1ccc(-c2nc(NCc3cccs3)n(C(=O)C=Cc3ccccc3Cl)n2)cc1. The van der Waals surface area contributed by atoms with Crippen LogP contribution in [-0.2, 0) is 6.54 Å². The summed E-state index contributed by atoms with van der Waals surface area (Å²) in [6.45, 7) is 2.58. The molecular formula is C23H19ClN4OS. The summed E-state index contributed by atoms with van der Waals surface area (Å²) in [4.78, 5) is 18.6. The van der Waals surface area contributed by atoms with E-state index in [-0.39, 0.29) is 5.91 Å². The van der Waals surface area contributed by atoms with Gasteiger partial charge in [-0.1, -0.05) is 65.7 Å². The van der Waals surface area contributed by atoms with Crippen LogP contribution in [0.2, 0.25) is 5.02 Å². The molecule has 30 heavy (non-hydrogen) atoms. The molecule has 7 heteroatoms. The summed E-state index contributed by atoms with van der Waals surface area (Å²) >= 11 is 7.82. The lowest BCUT2D eigenvalue weighted by Gasteiger charge is -2.04. The molecule has 0 spiro atoms. The van der Waals surface area contributed by atoms with Gasteiger partial charge in [0.05, 0.1) is 6.54 Å². The van der Waals surface area contributed by atoms with Crippen molar-refractivity contribution in [1.29, 1.82) is 0 Å². The summed E-state index contributed by atoms with van der Waals surface area (Å²) in [5.41, 5.74) is 2.76. The van der Waals surface area contributed by atoms with Crippen molar-refractivity contribution in [3.8, 4) is 11.4 Å². The van der Waals surface area contributed by atoms with Crippen LogP contribution >= 0.6 is 22.9 Å². The molecule has 2 heterocycles. The number of carbonyl (C=O) groups is 1. The van der Waals surface area contributed by atoms with Crippen molar-refractivity contribution in [2.45, 2.75) is 13.5 Å². The Labute approximate surface area is 183 Å². The predicted octanol–water partition coefficient (Wildman–Crippen LogP) is 5.93. The van der Waals surface area contributed by atoms with Gasteiger partial charge < -0.3 is 5.32 Å². The first-order valence-corrected chi connectivity index (χ1v) is 10.6. The van der Waals surface area contributed by atoms with Gasteiger partial charge in [-0.3, -0.25) is 4.79 Å². The minimum atomic E-state index is -0.311. The molecule has 1 N–H and O–H groups in total. The van der Waals surface area contributed by atoms with Crippen molar-refractivity contribution in [3.63, 3.8) is 0 Å². The average Bonchev–Trinajstić information content (AvgIpc) is 3.42. The van der Waals surface area contributed by atoms with Crippen LogP contribution in [0.1, 0.15) is 20.8 Å². The number of halogens is 1. The lowest BCUT2D eigenvalue weighted by atomic mass is 10.1. The van der Waals surface area contributed by atoms with Gasteiger partial charge in [-0.15, -0.1) is 16.4 Å². The number of benzene rings is 2. The Morgan fingerprint density at radius 3 is 2.67 bits per heavy atom. The van der Waals surface area contributed by atoms with Crippen LogP contribution < -0.4 is 5.32 Å². The van der Waals surface area contributed by atoms with Gasteiger partial charge in [0.25, 0.3) is 5.91 Å². The number of aromatic nitrogens is 3. The molecule has 2 aromatic carbocycles. The maximum atomic E-state index is 12.9. The van der Waals surface area contributed by atoms with Crippen LogP contribution in [-0.4, -0.2) is 20.7 Å². The minimum absolute atomic E-state index is 0.311. The van der Waals surface area contributed by atoms with Gasteiger partial charge in [0.1, 0.15) is 0 Å². The smallest absolute Gasteiger partial charge is 0.274 e. The van der Waals surface area contributed by atoms with Crippen LogP contribution in [0.5, 0.6) is 0 Å². The number of aryl methyl sites for hydroxylation is 1.